The van der Waals surface area contributed by atoms with Gasteiger partial charge in [0.25, 0.3) is 0 Å². The van der Waals surface area contributed by atoms with Gasteiger partial charge in [-0.05, 0) is 25.0 Å². The molecule has 0 atom stereocenters. The number of halogens is 1. The van der Waals surface area contributed by atoms with Crippen LogP contribution in [0.2, 0.25) is 5.02 Å². The van der Waals surface area contributed by atoms with Gasteiger partial charge in [-0.1, -0.05) is 48.3 Å². The van der Waals surface area contributed by atoms with Crippen molar-refractivity contribution >= 4 is 34.7 Å². The van der Waals surface area contributed by atoms with Crippen LogP contribution in [-0.2, 0) is 5.75 Å². The van der Waals surface area contributed by atoms with E-state index in [2.05, 4.69) is 25.0 Å². The van der Waals surface area contributed by atoms with Crippen LogP contribution >= 0.6 is 34.7 Å². The zero-order chi connectivity index (χ0) is 16.4. The van der Waals surface area contributed by atoms with E-state index in [1.54, 1.807) is 28.6 Å². The highest BCUT2D eigenvalue weighted by Gasteiger charge is 2.25. The SMILES string of the molecule is Clc1ccccc1-c1nnc(SCc2nncs2)n1C1CCCC1. The molecular formula is C16H16ClN5S2. The second kappa shape index (κ2) is 7.21. The summed E-state index contributed by atoms with van der Waals surface area (Å²) in [6.45, 7) is 0. The minimum atomic E-state index is 0.447. The Morgan fingerprint density at radius 1 is 1.17 bits per heavy atom. The van der Waals surface area contributed by atoms with Gasteiger partial charge >= 0.3 is 0 Å². The molecule has 0 unspecified atom stereocenters. The van der Waals surface area contributed by atoms with E-state index in [9.17, 15) is 0 Å². The normalized spacial score (nSPS) is 15.2. The standard InChI is InChI=1S/C16H16ClN5S2/c17-13-8-4-3-7-12(13)15-20-21-16(22(15)11-5-1-2-6-11)23-9-14-19-18-10-24-14/h3-4,7-8,10-11H,1-2,5-6,9H2. The van der Waals surface area contributed by atoms with Crippen LogP contribution in [0.25, 0.3) is 11.4 Å². The molecule has 24 heavy (non-hydrogen) atoms. The molecule has 5 nitrogen and oxygen atoms in total. The Morgan fingerprint density at radius 2 is 2.00 bits per heavy atom. The summed E-state index contributed by atoms with van der Waals surface area (Å²) in [6.07, 6.45) is 4.85. The topological polar surface area (TPSA) is 56.5 Å². The number of nitrogens with zero attached hydrogens (tertiary/aromatic N) is 5. The maximum atomic E-state index is 6.40. The molecule has 1 aromatic carbocycles. The lowest BCUT2D eigenvalue weighted by Gasteiger charge is -2.17. The first-order chi connectivity index (χ1) is 11.8. The van der Waals surface area contributed by atoms with E-state index >= 15 is 0 Å². The molecule has 0 spiro atoms. The molecule has 0 radical (unpaired) electrons. The van der Waals surface area contributed by atoms with Crippen molar-refractivity contribution in [2.75, 3.05) is 0 Å². The average Bonchev–Trinajstić information content (AvgIpc) is 3.34. The third kappa shape index (κ3) is 3.20. The van der Waals surface area contributed by atoms with Crippen LogP contribution in [0.15, 0.2) is 34.9 Å². The molecule has 8 heteroatoms. The summed E-state index contributed by atoms with van der Waals surface area (Å²) in [5.74, 6) is 1.63. The van der Waals surface area contributed by atoms with Crippen LogP contribution in [0.4, 0.5) is 0 Å². The number of hydrogen-bond donors (Lipinski definition) is 0. The highest BCUT2D eigenvalue weighted by Crippen LogP contribution is 2.38. The monoisotopic (exact) mass is 377 g/mol. The zero-order valence-electron chi connectivity index (χ0n) is 12.9. The molecule has 1 aliphatic rings. The molecule has 0 amide bonds. The molecule has 0 N–H and O–H groups in total. The van der Waals surface area contributed by atoms with Gasteiger partial charge in [-0.2, -0.15) is 0 Å². The van der Waals surface area contributed by atoms with Crippen molar-refractivity contribution in [1.29, 1.82) is 0 Å². The van der Waals surface area contributed by atoms with Crippen molar-refractivity contribution in [3.8, 4) is 11.4 Å². The van der Waals surface area contributed by atoms with Crippen molar-refractivity contribution in [2.45, 2.75) is 42.6 Å². The Morgan fingerprint density at radius 3 is 2.75 bits per heavy atom. The molecule has 124 valence electrons. The summed E-state index contributed by atoms with van der Waals surface area (Å²) >= 11 is 9.63. The molecule has 4 rings (SSSR count). The van der Waals surface area contributed by atoms with Crippen molar-refractivity contribution in [1.82, 2.24) is 25.0 Å². The summed E-state index contributed by atoms with van der Waals surface area (Å²) in [5, 5.41) is 19.6. The summed E-state index contributed by atoms with van der Waals surface area (Å²) in [7, 11) is 0. The minimum Gasteiger partial charge on any atom is -0.299 e. The van der Waals surface area contributed by atoms with Gasteiger partial charge in [0.1, 0.15) is 10.5 Å². The fraction of sp³-hybridized carbons (Fsp3) is 0.375. The Balaban J connectivity index is 1.70. The second-order valence-electron chi connectivity index (χ2n) is 5.72. The van der Waals surface area contributed by atoms with E-state index < -0.39 is 0 Å². The molecule has 0 saturated heterocycles. The van der Waals surface area contributed by atoms with Gasteiger partial charge in [-0.15, -0.1) is 31.7 Å². The van der Waals surface area contributed by atoms with Crippen LogP contribution < -0.4 is 0 Å². The number of hydrogen-bond acceptors (Lipinski definition) is 6. The van der Waals surface area contributed by atoms with Crippen molar-refractivity contribution in [3.63, 3.8) is 0 Å². The number of thioether (sulfide) groups is 1. The Hall–Kier alpha value is -1.44. The van der Waals surface area contributed by atoms with E-state index in [0.29, 0.717) is 11.1 Å². The predicted molar refractivity (Wildman–Crippen MR) is 97.4 cm³/mol. The van der Waals surface area contributed by atoms with Gasteiger partial charge in [0.15, 0.2) is 11.0 Å². The Kier molecular flexibility index (Phi) is 4.82. The fourth-order valence-electron chi connectivity index (χ4n) is 3.08. The lowest BCUT2D eigenvalue weighted by molar-refractivity contribution is 0.485. The van der Waals surface area contributed by atoms with Gasteiger partial charge < -0.3 is 0 Å². The lowest BCUT2D eigenvalue weighted by Crippen LogP contribution is -2.08. The van der Waals surface area contributed by atoms with Crippen molar-refractivity contribution in [2.24, 2.45) is 0 Å². The third-order valence-electron chi connectivity index (χ3n) is 4.20. The number of aromatic nitrogens is 5. The van der Waals surface area contributed by atoms with Crippen LogP contribution in [0.5, 0.6) is 0 Å². The molecule has 1 saturated carbocycles. The van der Waals surface area contributed by atoms with Gasteiger partial charge in [-0.3, -0.25) is 4.57 Å². The highest BCUT2D eigenvalue weighted by molar-refractivity contribution is 7.98. The second-order valence-corrected chi connectivity index (χ2v) is 7.98. The van der Waals surface area contributed by atoms with E-state index in [1.807, 2.05) is 24.3 Å². The molecular weight excluding hydrogens is 362 g/mol. The smallest absolute Gasteiger partial charge is 0.192 e. The largest absolute Gasteiger partial charge is 0.299 e. The zero-order valence-corrected chi connectivity index (χ0v) is 15.3. The summed E-state index contributed by atoms with van der Waals surface area (Å²) in [6, 6.07) is 8.29. The number of rotatable bonds is 5. The minimum absolute atomic E-state index is 0.447. The van der Waals surface area contributed by atoms with Crippen molar-refractivity contribution < 1.29 is 0 Å². The predicted octanol–water partition coefficient (Wildman–Crippen LogP) is 4.86. The highest BCUT2D eigenvalue weighted by atomic mass is 35.5. The average molecular weight is 378 g/mol. The first-order valence-corrected chi connectivity index (χ1v) is 10.1. The molecule has 2 aromatic heterocycles. The van der Waals surface area contributed by atoms with Crippen LogP contribution in [0, 0.1) is 0 Å². The number of benzene rings is 1. The van der Waals surface area contributed by atoms with Gasteiger partial charge in [0, 0.05) is 11.6 Å². The van der Waals surface area contributed by atoms with Crippen LogP contribution in [-0.4, -0.2) is 25.0 Å². The summed E-state index contributed by atoms with van der Waals surface area (Å²) in [5.41, 5.74) is 2.70. The molecule has 1 fully saturated rings. The lowest BCUT2D eigenvalue weighted by atomic mass is 10.2. The van der Waals surface area contributed by atoms with E-state index in [-0.39, 0.29) is 0 Å². The van der Waals surface area contributed by atoms with E-state index in [0.717, 1.165) is 27.3 Å². The Labute approximate surface area is 153 Å². The third-order valence-corrected chi connectivity index (χ3v) is 6.36. The summed E-state index contributed by atoms with van der Waals surface area (Å²) in [4.78, 5) is 0. The van der Waals surface area contributed by atoms with Crippen molar-refractivity contribution in [3.05, 3.63) is 39.8 Å². The molecule has 0 bridgehead atoms. The summed E-state index contributed by atoms with van der Waals surface area (Å²) < 4.78 is 2.28. The maximum absolute atomic E-state index is 6.40. The first kappa shape index (κ1) is 16.1. The fourth-order valence-corrected chi connectivity index (χ4v) is 4.84. The van der Waals surface area contributed by atoms with Gasteiger partial charge in [0.2, 0.25) is 0 Å². The van der Waals surface area contributed by atoms with E-state index in [1.165, 1.54) is 25.7 Å². The van der Waals surface area contributed by atoms with E-state index in [4.69, 9.17) is 11.6 Å². The Bertz CT molecular complexity index is 812. The maximum Gasteiger partial charge on any atom is 0.192 e. The molecule has 3 aromatic rings. The molecule has 1 aliphatic carbocycles. The van der Waals surface area contributed by atoms with Gasteiger partial charge in [0.05, 0.1) is 10.8 Å². The molecule has 2 heterocycles. The quantitative estimate of drug-likeness (QED) is 0.594. The van der Waals surface area contributed by atoms with Crippen LogP contribution in [0.3, 0.4) is 0 Å². The molecule has 0 aliphatic heterocycles. The van der Waals surface area contributed by atoms with Crippen LogP contribution in [0.1, 0.15) is 36.7 Å². The van der Waals surface area contributed by atoms with Gasteiger partial charge in [-0.25, -0.2) is 0 Å². The first-order valence-electron chi connectivity index (χ1n) is 7.90.